The molecule has 0 aliphatic heterocycles. The molecule has 0 aliphatic carbocycles. The van der Waals surface area contributed by atoms with Crippen molar-refractivity contribution in [2.45, 2.75) is 48.5 Å². The van der Waals surface area contributed by atoms with Crippen molar-refractivity contribution in [2.24, 2.45) is 0 Å². The van der Waals surface area contributed by atoms with Gasteiger partial charge in [-0.05, 0) is 6.42 Å². The summed E-state index contributed by atoms with van der Waals surface area (Å²) in [6.45, 7) is 0. The SMILES string of the molecule is O=S(=O)([O-])C(F)(F)C(F)(F)C(F)(F)C(F)(F)CCCC(F)(F)F.[Li+]. The van der Waals surface area contributed by atoms with Crippen LogP contribution in [-0.4, -0.2) is 42.2 Å². The third-order valence-electron chi connectivity index (χ3n) is 2.48. The van der Waals surface area contributed by atoms with Crippen LogP contribution in [0.1, 0.15) is 19.3 Å². The predicted molar refractivity (Wildman–Crippen MR) is 49.4 cm³/mol. The van der Waals surface area contributed by atoms with Gasteiger partial charge in [-0.3, -0.25) is 0 Å². The molecule has 0 unspecified atom stereocenters. The summed E-state index contributed by atoms with van der Waals surface area (Å²) >= 11 is 0. The van der Waals surface area contributed by atoms with Crippen molar-refractivity contribution in [1.29, 1.82) is 0 Å². The second-order valence-electron chi connectivity index (χ2n) is 4.29. The van der Waals surface area contributed by atoms with Gasteiger partial charge in [0.05, 0.1) is 0 Å². The summed E-state index contributed by atoms with van der Waals surface area (Å²) in [4.78, 5) is 0. The first-order valence-electron chi connectivity index (χ1n) is 5.24. The maximum absolute atomic E-state index is 13.0. The van der Waals surface area contributed by atoms with Crippen LogP contribution in [0.15, 0.2) is 0 Å². The van der Waals surface area contributed by atoms with Crippen LogP contribution in [0.4, 0.5) is 48.3 Å². The van der Waals surface area contributed by atoms with Crippen LogP contribution >= 0.6 is 0 Å². The minimum Gasteiger partial charge on any atom is -0.743 e. The smallest absolute Gasteiger partial charge is 0.743 e. The van der Waals surface area contributed by atoms with E-state index in [9.17, 15) is 61.3 Å². The van der Waals surface area contributed by atoms with E-state index in [4.69, 9.17) is 0 Å². The van der Waals surface area contributed by atoms with E-state index in [0.717, 1.165) is 0 Å². The third kappa shape index (κ3) is 4.89. The Balaban J connectivity index is 0. The van der Waals surface area contributed by atoms with Crippen molar-refractivity contribution >= 4 is 10.1 Å². The molecule has 0 aromatic rings. The molecular weight excluding hydrogens is 392 g/mol. The van der Waals surface area contributed by atoms with Gasteiger partial charge in [-0.25, -0.2) is 8.42 Å². The Morgan fingerprint density at radius 3 is 1.38 bits per heavy atom. The maximum atomic E-state index is 13.0. The summed E-state index contributed by atoms with van der Waals surface area (Å²) in [5.41, 5.74) is 0. The van der Waals surface area contributed by atoms with E-state index >= 15 is 0 Å². The molecular formula is C8H6F11LiO3S. The molecule has 0 N–H and O–H groups in total. The molecule has 0 saturated heterocycles. The number of alkyl halides is 11. The summed E-state index contributed by atoms with van der Waals surface area (Å²) in [6.07, 6.45) is -11.7. The van der Waals surface area contributed by atoms with Crippen LogP contribution in [0.25, 0.3) is 0 Å². The molecule has 0 heterocycles. The molecule has 0 atom stereocenters. The third-order valence-corrected chi connectivity index (χ3v) is 3.37. The average Bonchev–Trinajstić information content (AvgIpc) is 2.24. The van der Waals surface area contributed by atoms with Crippen molar-refractivity contribution in [3.8, 4) is 0 Å². The Morgan fingerprint density at radius 1 is 0.708 bits per heavy atom. The molecule has 0 aromatic carbocycles. The van der Waals surface area contributed by atoms with E-state index in [0.29, 0.717) is 0 Å². The minimum absolute atomic E-state index is 0. The fraction of sp³-hybridized carbons (Fsp3) is 1.00. The molecule has 0 saturated carbocycles. The standard InChI is InChI=1S/C8H7F11O3S.Li/c9-4(10,2-1-3-5(11,12)13)6(14,15)7(16,17)8(18,19)23(20,21)22;/h1-3H2,(H,20,21,22);/q;+1/p-1. The molecule has 0 aliphatic rings. The summed E-state index contributed by atoms with van der Waals surface area (Å²) in [7, 11) is -7.47. The van der Waals surface area contributed by atoms with Crippen molar-refractivity contribution < 1.29 is 80.1 Å². The maximum Gasteiger partial charge on any atom is 1.00 e. The fourth-order valence-corrected chi connectivity index (χ4v) is 1.68. The number of rotatable bonds is 7. The van der Waals surface area contributed by atoms with E-state index in [1.54, 1.807) is 0 Å². The van der Waals surface area contributed by atoms with E-state index < -0.39 is 58.6 Å². The molecule has 3 nitrogen and oxygen atoms in total. The zero-order valence-electron chi connectivity index (χ0n) is 11.4. The van der Waals surface area contributed by atoms with Crippen LogP contribution in [0, 0.1) is 0 Å². The monoisotopic (exact) mass is 398 g/mol. The van der Waals surface area contributed by atoms with E-state index in [1.807, 2.05) is 0 Å². The molecule has 140 valence electrons. The molecule has 0 aromatic heterocycles. The van der Waals surface area contributed by atoms with Crippen LogP contribution in [-0.2, 0) is 10.1 Å². The molecule has 0 radical (unpaired) electrons. The van der Waals surface area contributed by atoms with Gasteiger partial charge in [-0.15, -0.1) is 0 Å². The van der Waals surface area contributed by atoms with Gasteiger partial charge in [0.15, 0.2) is 10.1 Å². The van der Waals surface area contributed by atoms with Gasteiger partial charge in [0.25, 0.3) is 0 Å². The fourth-order valence-electron chi connectivity index (χ4n) is 1.24. The van der Waals surface area contributed by atoms with Crippen molar-refractivity contribution in [3.63, 3.8) is 0 Å². The van der Waals surface area contributed by atoms with Gasteiger partial charge in [0, 0.05) is 12.8 Å². The quantitative estimate of drug-likeness (QED) is 0.362. The molecule has 0 rings (SSSR count). The Labute approximate surface area is 139 Å². The summed E-state index contributed by atoms with van der Waals surface area (Å²) in [5, 5.41) is -7.11. The van der Waals surface area contributed by atoms with Crippen LogP contribution in [0.5, 0.6) is 0 Å². The zero-order chi connectivity index (χ0) is 19.1. The van der Waals surface area contributed by atoms with Gasteiger partial charge in [0.1, 0.15) is 0 Å². The first-order chi connectivity index (χ1) is 9.71. The first kappa shape index (κ1) is 26.0. The first-order valence-corrected chi connectivity index (χ1v) is 6.65. The Morgan fingerprint density at radius 2 is 1.08 bits per heavy atom. The predicted octanol–water partition coefficient (Wildman–Crippen LogP) is 0.767. The second kappa shape index (κ2) is 7.16. The van der Waals surface area contributed by atoms with E-state index in [2.05, 4.69) is 0 Å². The molecule has 0 amide bonds. The number of hydrogen-bond donors (Lipinski definition) is 0. The van der Waals surface area contributed by atoms with Crippen LogP contribution < -0.4 is 18.9 Å². The largest absolute Gasteiger partial charge is 1.00 e. The molecule has 24 heavy (non-hydrogen) atoms. The Hall–Kier alpha value is -0.263. The average molecular weight is 398 g/mol. The molecule has 0 spiro atoms. The molecule has 16 heteroatoms. The number of hydrogen-bond acceptors (Lipinski definition) is 3. The van der Waals surface area contributed by atoms with Crippen molar-refractivity contribution in [1.82, 2.24) is 0 Å². The van der Waals surface area contributed by atoms with Gasteiger partial charge < -0.3 is 4.55 Å². The zero-order valence-corrected chi connectivity index (χ0v) is 12.2. The van der Waals surface area contributed by atoms with Gasteiger partial charge in [-0.2, -0.15) is 48.3 Å². The second-order valence-corrected chi connectivity index (χ2v) is 5.71. The number of halogens is 11. The van der Waals surface area contributed by atoms with Gasteiger partial charge >= 0.3 is 48.1 Å². The van der Waals surface area contributed by atoms with Gasteiger partial charge in [0.2, 0.25) is 0 Å². The summed E-state index contributed by atoms with van der Waals surface area (Å²) < 4.78 is 168. The molecule has 0 bridgehead atoms. The summed E-state index contributed by atoms with van der Waals surface area (Å²) in [5.74, 6) is -20.6. The van der Waals surface area contributed by atoms with Crippen LogP contribution in [0.2, 0.25) is 0 Å². The normalized spacial score (nSPS) is 15.2. The Kier molecular flexibility index (Phi) is 7.75. The van der Waals surface area contributed by atoms with Crippen molar-refractivity contribution in [3.05, 3.63) is 0 Å². The summed E-state index contributed by atoms with van der Waals surface area (Å²) in [6, 6.07) is 0. The minimum atomic E-state index is -7.47. The topological polar surface area (TPSA) is 57.2 Å². The van der Waals surface area contributed by atoms with E-state index in [1.165, 1.54) is 0 Å². The van der Waals surface area contributed by atoms with Crippen molar-refractivity contribution in [2.75, 3.05) is 0 Å². The van der Waals surface area contributed by atoms with E-state index in [-0.39, 0.29) is 18.9 Å². The van der Waals surface area contributed by atoms with Gasteiger partial charge in [-0.1, -0.05) is 0 Å². The Bertz CT molecular complexity index is 528. The van der Waals surface area contributed by atoms with Crippen LogP contribution in [0.3, 0.4) is 0 Å². The molecule has 0 fully saturated rings.